The molecule has 1 N–H and O–H groups in total. The molecule has 5 nitrogen and oxygen atoms in total. The minimum absolute atomic E-state index is 0.206. The molecule has 0 aliphatic carbocycles. The van der Waals surface area contributed by atoms with E-state index in [1.807, 2.05) is 44.3 Å². The van der Waals surface area contributed by atoms with E-state index < -0.39 is 0 Å². The highest BCUT2D eigenvalue weighted by Gasteiger charge is 2.13. The van der Waals surface area contributed by atoms with Gasteiger partial charge in [0.05, 0.1) is 30.6 Å². The van der Waals surface area contributed by atoms with Gasteiger partial charge >= 0.3 is 0 Å². The van der Waals surface area contributed by atoms with Crippen LogP contribution in [0, 0.1) is 6.92 Å². The largest absolute Gasteiger partial charge is 0.492 e. The Hall–Kier alpha value is -2.01. The third-order valence-corrected chi connectivity index (χ3v) is 3.17. The molecule has 1 unspecified atom stereocenters. The van der Waals surface area contributed by atoms with Crippen molar-refractivity contribution in [1.29, 1.82) is 0 Å². The Balaban J connectivity index is 2.27. The number of hydrogen-bond donors (Lipinski definition) is 1. The molecule has 0 spiro atoms. The Bertz CT molecular complexity index is 581. The summed E-state index contributed by atoms with van der Waals surface area (Å²) in [5, 5.41) is 3.36. The highest BCUT2D eigenvalue weighted by molar-refractivity contribution is 5.62. The molecule has 0 bridgehead atoms. The Morgan fingerprint density at radius 2 is 2.10 bits per heavy atom. The van der Waals surface area contributed by atoms with Gasteiger partial charge in [-0.1, -0.05) is 12.1 Å². The Labute approximate surface area is 125 Å². The molecule has 0 fully saturated rings. The highest BCUT2D eigenvalue weighted by atomic mass is 16.5. The minimum Gasteiger partial charge on any atom is -0.492 e. The van der Waals surface area contributed by atoms with Crippen LogP contribution >= 0.6 is 0 Å². The molecule has 21 heavy (non-hydrogen) atoms. The van der Waals surface area contributed by atoms with Crippen LogP contribution in [0.25, 0.3) is 0 Å². The lowest BCUT2D eigenvalue weighted by molar-refractivity contribution is 0.163. The van der Waals surface area contributed by atoms with Gasteiger partial charge in [0.25, 0.3) is 0 Å². The van der Waals surface area contributed by atoms with E-state index in [2.05, 4.69) is 21.8 Å². The van der Waals surface area contributed by atoms with E-state index in [0.29, 0.717) is 13.2 Å². The van der Waals surface area contributed by atoms with Crippen molar-refractivity contribution < 1.29 is 9.47 Å². The Morgan fingerprint density at radius 3 is 2.81 bits per heavy atom. The average Bonchev–Trinajstić information content (AvgIpc) is 2.82. The summed E-state index contributed by atoms with van der Waals surface area (Å²) >= 11 is 0. The number of hydrogen-bond acceptors (Lipinski definition) is 4. The lowest BCUT2D eigenvalue weighted by Gasteiger charge is -2.17. The number of rotatable bonds is 7. The normalized spacial score (nSPS) is 12.2. The molecular formula is C16H23N3O2. The van der Waals surface area contributed by atoms with E-state index in [0.717, 1.165) is 23.1 Å². The summed E-state index contributed by atoms with van der Waals surface area (Å²) in [6, 6.07) is 8.08. The van der Waals surface area contributed by atoms with Gasteiger partial charge in [0.1, 0.15) is 5.75 Å². The number of para-hydroxylation sites is 2. The summed E-state index contributed by atoms with van der Waals surface area (Å²) in [5.41, 5.74) is 1.88. The summed E-state index contributed by atoms with van der Waals surface area (Å²) in [6.45, 7) is 7.33. The Morgan fingerprint density at radius 1 is 1.33 bits per heavy atom. The summed E-state index contributed by atoms with van der Waals surface area (Å²) < 4.78 is 13.0. The van der Waals surface area contributed by atoms with Crippen molar-refractivity contribution in [3.05, 3.63) is 36.2 Å². The van der Waals surface area contributed by atoms with Crippen molar-refractivity contribution in [2.45, 2.75) is 26.8 Å². The van der Waals surface area contributed by atoms with Crippen LogP contribution in [-0.4, -0.2) is 29.9 Å². The number of benzene rings is 1. The summed E-state index contributed by atoms with van der Waals surface area (Å²) in [7, 11) is 1.71. The summed E-state index contributed by atoms with van der Waals surface area (Å²) in [6.07, 6.45) is 2.02. The van der Waals surface area contributed by atoms with Crippen molar-refractivity contribution >= 4 is 11.6 Å². The molecular weight excluding hydrogens is 266 g/mol. The quantitative estimate of drug-likeness (QED) is 0.847. The van der Waals surface area contributed by atoms with Gasteiger partial charge in [0, 0.05) is 13.3 Å². The fourth-order valence-corrected chi connectivity index (χ4v) is 2.24. The van der Waals surface area contributed by atoms with Gasteiger partial charge in [0.2, 0.25) is 5.95 Å². The molecule has 0 aliphatic rings. The molecule has 0 amide bonds. The number of aryl methyl sites for hydroxylation is 1. The fraction of sp³-hybridized carbons (Fsp3) is 0.438. The zero-order valence-electron chi connectivity index (χ0n) is 13.1. The van der Waals surface area contributed by atoms with Gasteiger partial charge in [-0.3, -0.25) is 0 Å². The highest BCUT2D eigenvalue weighted by Crippen LogP contribution is 2.28. The number of anilines is 2. The number of nitrogens with one attached hydrogen (secondary N) is 1. The Kier molecular flexibility index (Phi) is 5.22. The van der Waals surface area contributed by atoms with Crippen LogP contribution in [0.15, 0.2) is 30.5 Å². The molecule has 1 aromatic carbocycles. The van der Waals surface area contributed by atoms with Crippen LogP contribution < -0.4 is 10.1 Å². The molecule has 2 aromatic rings. The number of nitrogens with zero attached hydrogens (tertiary/aromatic N) is 2. The van der Waals surface area contributed by atoms with Crippen molar-refractivity contribution in [3.63, 3.8) is 0 Å². The molecule has 1 atom stereocenters. The molecule has 114 valence electrons. The van der Waals surface area contributed by atoms with Gasteiger partial charge in [-0.25, -0.2) is 4.98 Å². The van der Waals surface area contributed by atoms with E-state index in [-0.39, 0.29) is 6.04 Å². The molecule has 1 heterocycles. The molecule has 0 aliphatic heterocycles. The molecule has 1 aromatic heterocycles. The van der Waals surface area contributed by atoms with E-state index in [4.69, 9.17) is 9.47 Å². The van der Waals surface area contributed by atoms with Crippen LogP contribution in [0.1, 0.15) is 25.6 Å². The van der Waals surface area contributed by atoms with Crippen LogP contribution in [0.5, 0.6) is 5.75 Å². The van der Waals surface area contributed by atoms with E-state index in [9.17, 15) is 0 Å². The maximum atomic E-state index is 5.64. The monoisotopic (exact) mass is 289 g/mol. The second kappa shape index (κ2) is 7.13. The van der Waals surface area contributed by atoms with Crippen LogP contribution in [-0.2, 0) is 4.74 Å². The second-order valence-electron chi connectivity index (χ2n) is 4.97. The predicted molar refractivity (Wildman–Crippen MR) is 84.4 cm³/mol. The first-order chi connectivity index (χ1) is 10.2. The summed E-state index contributed by atoms with van der Waals surface area (Å²) in [4.78, 5) is 4.55. The number of aromatic nitrogens is 2. The van der Waals surface area contributed by atoms with Gasteiger partial charge in [-0.2, -0.15) is 0 Å². The summed E-state index contributed by atoms with van der Waals surface area (Å²) in [5.74, 6) is 1.62. The standard InChI is InChI=1S/C16H23N3O2/c1-5-21-15-9-7-6-8-14(15)18-16-17-12(2)10-19(16)13(3)11-20-4/h6-10,13H,5,11H2,1-4H3,(H,17,18). The van der Waals surface area contributed by atoms with Crippen molar-refractivity contribution in [3.8, 4) is 5.75 Å². The fourth-order valence-electron chi connectivity index (χ4n) is 2.24. The SMILES string of the molecule is CCOc1ccccc1Nc1nc(C)cn1C(C)COC. The first kappa shape index (κ1) is 15.4. The molecule has 2 rings (SSSR count). The second-order valence-corrected chi connectivity index (χ2v) is 4.97. The molecule has 0 saturated carbocycles. The number of methoxy groups -OCH3 is 1. The van der Waals surface area contributed by atoms with E-state index in [1.165, 1.54) is 0 Å². The number of imidazole rings is 1. The average molecular weight is 289 g/mol. The third-order valence-electron chi connectivity index (χ3n) is 3.17. The predicted octanol–water partition coefficient (Wildman–Crippen LogP) is 3.54. The van der Waals surface area contributed by atoms with Crippen LogP contribution in [0.4, 0.5) is 11.6 Å². The van der Waals surface area contributed by atoms with Crippen molar-refractivity contribution in [2.75, 3.05) is 25.6 Å². The zero-order chi connectivity index (χ0) is 15.2. The van der Waals surface area contributed by atoms with Gasteiger partial charge in [-0.05, 0) is 32.9 Å². The van der Waals surface area contributed by atoms with E-state index >= 15 is 0 Å². The maximum Gasteiger partial charge on any atom is 0.208 e. The molecule has 0 saturated heterocycles. The molecule has 0 radical (unpaired) electrons. The van der Waals surface area contributed by atoms with Crippen LogP contribution in [0.2, 0.25) is 0 Å². The molecule has 5 heteroatoms. The first-order valence-electron chi connectivity index (χ1n) is 7.19. The van der Waals surface area contributed by atoms with Crippen LogP contribution in [0.3, 0.4) is 0 Å². The first-order valence-corrected chi connectivity index (χ1v) is 7.19. The maximum absolute atomic E-state index is 5.64. The minimum atomic E-state index is 0.206. The lowest BCUT2D eigenvalue weighted by Crippen LogP contribution is -2.13. The topological polar surface area (TPSA) is 48.3 Å². The lowest BCUT2D eigenvalue weighted by atomic mass is 10.3. The van der Waals surface area contributed by atoms with Gasteiger partial charge < -0.3 is 19.4 Å². The smallest absolute Gasteiger partial charge is 0.208 e. The van der Waals surface area contributed by atoms with E-state index in [1.54, 1.807) is 7.11 Å². The van der Waals surface area contributed by atoms with Gasteiger partial charge in [-0.15, -0.1) is 0 Å². The number of ether oxygens (including phenoxy) is 2. The van der Waals surface area contributed by atoms with Crippen molar-refractivity contribution in [1.82, 2.24) is 9.55 Å². The van der Waals surface area contributed by atoms with Gasteiger partial charge in [0.15, 0.2) is 0 Å². The van der Waals surface area contributed by atoms with Crippen molar-refractivity contribution in [2.24, 2.45) is 0 Å². The zero-order valence-corrected chi connectivity index (χ0v) is 13.1. The third kappa shape index (κ3) is 3.76.